The minimum Gasteiger partial charge on any atom is -0.493 e. The van der Waals surface area contributed by atoms with Gasteiger partial charge in [-0.25, -0.2) is 0 Å². The smallest absolute Gasteiger partial charge is 0.229 e. The number of rotatable bonds is 6. The van der Waals surface area contributed by atoms with Crippen LogP contribution in [-0.2, 0) is 4.79 Å². The molecule has 1 N–H and O–H groups in total. The van der Waals surface area contributed by atoms with Gasteiger partial charge in [0.05, 0.1) is 25.7 Å². The molecule has 25 heavy (non-hydrogen) atoms. The number of carbonyl (C=O) groups excluding carboxylic acids is 1. The Morgan fingerprint density at radius 1 is 1.04 bits per heavy atom. The van der Waals surface area contributed by atoms with E-state index >= 15 is 0 Å². The molecule has 1 aliphatic carbocycles. The molecule has 5 heteroatoms. The van der Waals surface area contributed by atoms with E-state index in [1.807, 2.05) is 48.5 Å². The van der Waals surface area contributed by atoms with Crippen LogP contribution in [0.2, 0.25) is 0 Å². The number of hydrogen-bond acceptors (Lipinski definition) is 4. The van der Waals surface area contributed by atoms with Gasteiger partial charge in [0.15, 0.2) is 0 Å². The normalized spacial score (nSPS) is 20.0. The van der Waals surface area contributed by atoms with Crippen LogP contribution in [0.25, 0.3) is 0 Å². The molecular formula is C20H21NO4. The van der Waals surface area contributed by atoms with Gasteiger partial charge in [-0.05, 0) is 55.2 Å². The minimum atomic E-state index is -0.582. The molecule has 130 valence electrons. The van der Waals surface area contributed by atoms with Gasteiger partial charge in [0.2, 0.25) is 5.91 Å². The zero-order valence-electron chi connectivity index (χ0n) is 13.9. The first-order valence-electron chi connectivity index (χ1n) is 8.66. The maximum atomic E-state index is 11.8. The predicted octanol–water partition coefficient (Wildman–Crippen LogP) is 3.37. The van der Waals surface area contributed by atoms with Gasteiger partial charge >= 0.3 is 0 Å². The fourth-order valence-electron chi connectivity index (χ4n) is 2.89. The van der Waals surface area contributed by atoms with Crippen molar-refractivity contribution in [3.8, 4) is 17.2 Å². The summed E-state index contributed by atoms with van der Waals surface area (Å²) in [5.41, 5.74) is 0.774. The molecule has 0 bridgehead atoms. The van der Waals surface area contributed by atoms with Gasteiger partial charge < -0.3 is 19.5 Å². The fraction of sp³-hybridized carbons (Fsp3) is 0.350. The second kappa shape index (κ2) is 6.76. The van der Waals surface area contributed by atoms with Crippen LogP contribution in [0.4, 0.5) is 5.69 Å². The van der Waals surface area contributed by atoms with E-state index in [1.165, 1.54) is 12.8 Å². The fourth-order valence-corrected chi connectivity index (χ4v) is 2.89. The van der Waals surface area contributed by atoms with Gasteiger partial charge in [-0.2, -0.15) is 0 Å². The molecule has 0 radical (unpaired) electrons. The highest BCUT2D eigenvalue weighted by Gasteiger charge is 2.28. The van der Waals surface area contributed by atoms with Crippen molar-refractivity contribution in [2.45, 2.75) is 25.4 Å². The largest absolute Gasteiger partial charge is 0.493 e. The van der Waals surface area contributed by atoms with Gasteiger partial charge in [-0.1, -0.05) is 6.07 Å². The highest BCUT2D eigenvalue weighted by Crippen LogP contribution is 2.31. The second-order valence-corrected chi connectivity index (χ2v) is 6.69. The quantitative estimate of drug-likeness (QED) is 0.877. The van der Waals surface area contributed by atoms with E-state index in [0.29, 0.717) is 24.0 Å². The summed E-state index contributed by atoms with van der Waals surface area (Å²) in [5, 5.41) is 9.59. The van der Waals surface area contributed by atoms with Crippen LogP contribution in [0.15, 0.2) is 48.5 Å². The summed E-state index contributed by atoms with van der Waals surface area (Å²) in [6.45, 7) is 1.12. The number of aliphatic hydroxyl groups excluding tert-OH is 1. The summed E-state index contributed by atoms with van der Waals surface area (Å²) in [6.07, 6.45) is 2.13. The first-order chi connectivity index (χ1) is 12.2. The molecule has 2 aromatic rings. The van der Waals surface area contributed by atoms with Gasteiger partial charge in [0.1, 0.15) is 17.2 Å². The number of nitrogens with zero attached hydrogens (tertiary/aromatic N) is 1. The highest BCUT2D eigenvalue weighted by atomic mass is 16.5. The molecule has 0 aromatic heterocycles. The first kappa shape index (κ1) is 16.0. The van der Waals surface area contributed by atoms with E-state index in [9.17, 15) is 9.90 Å². The molecule has 2 fully saturated rings. The summed E-state index contributed by atoms with van der Waals surface area (Å²) in [7, 11) is 0. The monoisotopic (exact) mass is 339 g/mol. The number of anilines is 1. The number of ether oxygens (including phenoxy) is 2. The Kier molecular flexibility index (Phi) is 4.32. The third-order valence-electron chi connectivity index (χ3n) is 4.48. The average molecular weight is 339 g/mol. The van der Waals surface area contributed by atoms with Crippen molar-refractivity contribution >= 4 is 11.6 Å². The molecule has 0 unspecified atom stereocenters. The van der Waals surface area contributed by atoms with Crippen LogP contribution >= 0.6 is 0 Å². The summed E-state index contributed by atoms with van der Waals surface area (Å²) in [5.74, 6) is 2.88. The molecule has 5 nitrogen and oxygen atoms in total. The van der Waals surface area contributed by atoms with Crippen LogP contribution < -0.4 is 14.4 Å². The van der Waals surface area contributed by atoms with Crippen LogP contribution in [-0.4, -0.2) is 30.3 Å². The lowest BCUT2D eigenvalue weighted by Gasteiger charge is -2.16. The number of aliphatic hydroxyl groups is 1. The molecule has 1 aliphatic heterocycles. The van der Waals surface area contributed by atoms with Crippen LogP contribution in [0.3, 0.4) is 0 Å². The SMILES string of the molecule is O=C1C[C@@H](O)CN1c1ccc(Oc2cccc(OCC3CC3)c2)cc1. The van der Waals surface area contributed by atoms with Gasteiger partial charge in [-0.15, -0.1) is 0 Å². The second-order valence-electron chi connectivity index (χ2n) is 6.69. The van der Waals surface area contributed by atoms with Crippen molar-refractivity contribution in [1.82, 2.24) is 0 Å². The van der Waals surface area contributed by atoms with E-state index < -0.39 is 6.10 Å². The van der Waals surface area contributed by atoms with Crippen molar-refractivity contribution in [3.63, 3.8) is 0 Å². The third kappa shape index (κ3) is 3.94. The summed E-state index contributed by atoms with van der Waals surface area (Å²) in [4.78, 5) is 13.4. The Bertz CT molecular complexity index is 755. The van der Waals surface area contributed by atoms with Gasteiger partial charge in [-0.3, -0.25) is 4.79 Å². The maximum Gasteiger partial charge on any atom is 0.229 e. The Labute approximate surface area is 146 Å². The zero-order valence-corrected chi connectivity index (χ0v) is 13.9. The number of amides is 1. The molecule has 0 spiro atoms. The summed E-state index contributed by atoms with van der Waals surface area (Å²) in [6, 6.07) is 14.9. The van der Waals surface area contributed by atoms with E-state index in [-0.39, 0.29) is 12.3 Å². The molecule has 2 aromatic carbocycles. The molecule has 1 heterocycles. The average Bonchev–Trinajstić information content (AvgIpc) is 3.38. The first-order valence-corrected chi connectivity index (χ1v) is 8.66. The lowest BCUT2D eigenvalue weighted by Crippen LogP contribution is -2.24. The van der Waals surface area contributed by atoms with Gasteiger partial charge in [0, 0.05) is 11.8 Å². The molecule has 1 amide bonds. The predicted molar refractivity (Wildman–Crippen MR) is 94.2 cm³/mol. The topological polar surface area (TPSA) is 59.0 Å². The lowest BCUT2D eigenvalue weighted by molar-refractivity contribution is -0.117. The van der Waals surface area contributed by atoms with E-state index in [2.05, 4.69) is 0 Å². The van der Waals surface area contributed by atoms with Crippen molar-refractivity contribution < 1.29 is 19.4 Å². The summed E-state index contributed by atoms with van der Waals surface area (Å²) < 4.78 is 11.6. The number of β-amino-alcohol motifs (C(OH)–C–C–N with tert-alkyl or cyclic N) is 1. The minimum absolute atomic E-state index is 0.0540. The van der Waals surface area contributed by atoms with Gasteiger partial charge in [0.25, 0.3) is 0 Å². The molecular weight excluding hydrogens is 318 g/mol. The number of hydrogen-bond donors (Lipinski definition) is 1. The van der Waals surface area contributed by atoms with Crippen molar-refractivity contribution in [2.24, 2.45) is 5.92 Å². The zero-order chi connectivity index (χ0) is 17.2. The van der Waals surface area contributed by atoms with Crippen molar-refractivity contribution in [3.05, 3.63) is 48.5 Å². The van der Waals surface area contributed by atoms with E-state index in [0.717, 1.165) is 18.0 Å². The number of carbonyl (C=O) groups is 1. The Hall–Kier alpha value is -2.53. The molecule has 2 aliphatic rings. The molecule has 1 saturated heterocycles. The summed E-state index contributed by atoms with van der Waals surface area (Å²) >= 11 is 0. The Morgan fingerprint density at radius 3 is 2.48 bits per heavy atom. The van der Waals surface area contributed by atoms with E-state index in [4.69, 9.17) is 9.47 Å². The van der Waals surface area contributed by atoms with Crippen LogP contribution in [0.5, 0.6) is 17.2 Å². The number of benzene rings is 2. The van der Waals surface area contributed by atoms with E-state index in [1.54, 1.807) is 4.90 Å². The Morgan fingerprint density at radius 2 is 1.80 bits per heavy atom. The van der Waals surface area contributed by atoms with Crippen LogP contribution in [0.1, 0.15) is 19.3 Å². The molecule has 1 saturated carbocycles. The Balaban J connectivity index is 1.40. The van der Waals surface area contributed by atoms with Crippen LogP contribution in [0, 0.1) is 5.92 Å². The van der Waals surface area contributed by atoms with Crippen molar-refractivity contribution in [2.75, 3.05) is 18.1 Å². The molecule has 4 rings (SSSR count). The lowest BCUT2D eigenvalue weighted by atomic mass is 10.2. The third-order valence-corrected chi connectivity index (χ3v) is 4.48. The van der Waals surface area contributed by atoms with Crippen molar-refractivity contribution in [1.29, 1.82) is 0 Å². The highest BCUT2D eigenvalue weighted by molar-refractivity contribution is 5.96. The molecule has 1 atom stereocenters. The standard InChI is InChI=1S/C20H21NO4/c22-16-10-20(23)21(12-16)15-6-8-17(9-7-15)25-19-3-1-2-18(11-19)24-13-14-4-5-14/h1-3,6-9,11,14,16,22H,4-5,10,12-13H2/t16-/m1/s1. The maximum absolute atomic E-state index is 11.8.